The quantitative estimate of drug-likeness (QED) is 0.815. The van der Waals surface area contributed by atoms with Crippen LogP contribution in [0.25, 0.3) is 0 Å². The molecule has 3 unspecified atom stereocenters. The van der Waals surface area contributed by atoms with Crippen molar-refractivity contribution in [2.24, 2.45) is 0 Å². The van der Waals surface area contributed by atoms with Gasteiger partial charge in [0.2, 0.25) is 0 Å². The highest BCUT2D eigenvalue weighted by Crippen LogP contribution is 2.31. The lowest BCUT2D eigenvalue weighted by atomic mass is 9.88. The van der Waals surface area contributed by atoms with Gasteiger partial charge in [-0.05, 0) is 24.6 Å². The fourth-order valence-corrected chi connectivity index (χ4v) is 2.19. The standard InChI is InChI=1S/C14H19ClO4/c1-9-3-4-10(15)7-12(9)19-13-8-11(16)14(13)18-6-5-17-2/h3-4,7,11,13-14,16H,5-6,8H2,1-2H3. The Morgan fingerprint density at radius 2 is 2.16 bits per heavy atom. The van der Waals surface area contributed by atoms with Gasteiger partial charge in [0, 0.05) is 18.6 Å². The molecule has 0 aromatic heterocycles. The summed E-state index contributed by atoms with van der Waals surface area (Å²) in [6.07, 6.45) is -0.331. The molecular weight excluding hydrogens is 268 g/mol. The van der Waals surface area contributed by atoms with E-state index in [1.807, 2.05) is 19.1 Å². The Morgan fingerprint density at radius 3 is 2.84 bits per heavy atom. The molecule has 1 saturated carbocycles. The van der Waals surface area contributed by atoms with Crippen LogP contribution in [0.5, 0.6) is 5.75 Å². The molecule has 19 heavy (non-hydrogen) atoms. The third kappa shape index (κ3) is 3.60. The second-order valence-corrected chi connectivity index (χ2v) is 5.13. The molecule has 0 bridgehead atoms. The molecule has 4 nitrogen and oxygen atoms in total. The molecule has 1 aliphatic rings. The molecule has 106 valence electrons. The largest absolute Gasteiger partial charge is 0.487 e. The summed E-state index contributed by atoms with van der Waals surface area (Å²) in [7, 11) is 1.61. The summed E-state index contributed by atoms with van der Waals surface area (Å²) in [4.78, 5) is 0. The Morgan fingerprint density at radius 1 is 1.37 bits per heavy atom. The number of aliphatic hydroxyl groups is 1. The number of methoxy groups -OCH3 is 1. The molecule has 0 heterocycles. The molecule has 0 saturated heterocycles. The normalized spacial score (nSPS) is 26.0. The maximum absolute atomic E-state index is 9.71. The van der Waals surface area contributed by atoms with Gasteiger partial charge in [0.25, 0.3) is 0 Å². The van der Waals surface area contributed by atoms with Crippen molar-refractivity contribution in [2.75, 3.05) is 20.3 Å². The minimum absolute atomic E-state index is 0.135. The fourth-order valence-electron chi connectivity index (χ4n) is 2.02. The van der Waals surface area contributed by atoms with Gasteiger partial charge in [0.1, 0.15) is 18.0 Å². The van der Waals surface area contributed by atoms with E-state index < -0.39 is 6.10 Å². The lowest BCUT2D eigenvalue weighted by Gasteiger charge is -2.41. The number of aryl methyl sites for hydroxylation is 1. The summed E-state index contributed by atoms with van der Waals surface area (Å²) in [5, 5.41) is 10.3. The SMILES string of the molecule is COCCOC1C(O)CC1Oc1cc(Cl)ccc1C. The van der Waals surface area contributed by atoms with Gasteiger partial charge in [0.05, 0.1) is 19.3 Å². The lowest BCUT2D eigenvalue weighted by molar-refractivity contribution is -0.167. The van der Waals surface area contributed by atoms with Crippen LogP contribution in [-0.4, -0.2) is 43.7 Å². The summed E-state index contributed by atoms with van der Waals surface area (Å²) < 4.78 is 16.3. The van der Waals surface area contributed by atoms with Crippen LogP contribution < -0.4 is 4.74 Å². The van der Waals surface area contributed by atoms with E-state index in [1.165, 1.54) is 0 Å². The van der Waals surface area contributed by atoms with Gasteiger partial charge < -0.3 is 19.3 Å². The van der Waals surface area contributed by atoms with Crippen LogP contribution in [0.1, 0.15) is 12.0 Å². The third-order valence-electron chi connectivity index (χ3n) is 3.25. The lowest BCUT2D eigenvalue weighted by Crippen LogP contribution is -2.55. The summed E-state index contributed by atoms with van der Waals surface area (Å²) in [6, 6.07) is 5.52. The van der Waals surface area contributed by atoms with E-state index in [0.29, 0.717) is 24.7 Å². The summed E-state index contributed by atoms with van der Waals surface area (Å²) in [5.41, 5.74) is 1.02. The van der Waals surface area contributed by atoms with Crippen molar-refractivity contribution >= 4 is 11.6 Å². The minimum atomic E-state index is -0.471. The Hall–Kier alpha value is -0.810. The van der Waals surface area contributed by atoms with Gasteiger partial charge in [-0.25, -0.2) is 0 Å². The fraction of sp³-hybridized carbons (Fsp3) is 0.571. The number of aliphatic hydroxyl groups excluding tert-OH is 1. The number of benzene rings is 1. The molecule has 0 amide bonds. The first-order chi connectivity index (χ1) is 9.11. The maximum atomic E-state index is 9.71. The molecular formula is C14H19ClO4. The van der Waals surface area contributed by atoms with Gasteiger partial charge >= 0.3 is 0 Å². The van der Waals surface area contributed by atoms with Crippen LogP contribution in [-0.2, 0) is 9.47 Å². The Kier molecular flexibility index (Phi) is 5.05. The molecule has 5 heteroatoms. The van der Waals surface area contributed by atoms with E-state index in [9.17, 15) is 5.11 Å². The first-order valence-electron chi connectivity index (χ1n) is 6.33. The van der Waals surface area contributed by atoms with Crippen molar-refractivity contribution in [1.82, 2.24) is 0 Å². The smallest absolute Gasteiger partial charge is 0.130 e. The number of hydrogen-bond acceptors (Lipinski definition) is 4. The molecule has 1 aromatic carbocycles. The zero-order chi connectivity index (χ0) is 13.8. The van der Waals surface area contributed by atoms with Crippen LogP contribution in [0, 0.1) is 6.92 Å². The van der Waals surface area contributed by atoms with Gasteiger partial charge in [-0.2, -0.15) is 0 Å². The van der Waals surface area contributed by atoms with Gasteiger partial charge in [0.15, 0.2) is 0 Å². The van der Waals surface area contributed by atoms with Crippen molar-refractivity contribution in [3.05, 3.63) is 28.8 Å². The Balaban J connectivity index is 1.93. The highest BCUT2D eigenvalue weighted by Gasteiger charge is 2.43. The molecule has 2 rings (SSSR count). The van der Waals surface area contributed by atoms with Crippen LogP contribution >= 0.6 is 11.6 Å². The van der Waals surface area contributed by atoms with Crippen LogP contribution in [0.2, 0.25) is 5.02 Å². The number of rotatable bonds is 6. The summed E-state index contributed by atoms with van der Waals surface area (Å²) >= 11 is 5.95. The topological polar surface area (TPSA) is 47.9 Å². The molecule has 1 N–H and O–H groups in total. The highest BCUT2D eigenvalue weighted by molar-refractivity contribution is 6.30. The highest BCUT2D eigenvalue weighted by atomic mass is 35.5. The van der Waals surface area contributed by atoms with Crippen LogP contribution in [0.4, 0.5) is 0 Å². The third-order valence-corrected chi connectivity index (χ3v) is 3.48. The number of halogens is 1. The predicted octanol–water partition coefficient (Wildman–Crippen LogP) is 2.19. The number of ether oxygens (including phenoxy) is 3. The molecule has 3 atom stereocenters. The van der Waals surface area contributed by atoms with E-state index in [-0.39, 0.29) is 12.2 Å². The molecule has 0 radical (unpaired) electrons. The second-order valence-electron chi connectivity index (χ2n) is 4.70. The molecule has 1 fully saturated rings. The van der Waals surface area contributed by atoms with Crippen molar-refractivity contribution in [1.29, 1.82) is 0 Å². The average molecular weight is 287 g/mol. The minimum Gasteiger partial charge on any atom is -0.487 e. The molecule has 1 aromatic rings. The van der Waals surface area contributed by atoms with E-state index in [0.717, 1.165) is 11.3 Å². The summed E-state index contributed by atoms with van der Waals surface area (Å²) in [6.45, 7) is 2.92. The maximum Gasteiger partial charge on any atom is 0.130 e. The first kappa shape index (κ1) is 14.6. The van der Waals surface area contributed by atoms with Crippen molar-refractivity contribution in [3.63, 3.8) is 0 Å². The zero-order valence-electron chi connectivity index (χ0n) is 11.1. The van der Waals surface area contributed by atoms with E-state index in [2.05, 4.69) is 0 Å². The number of hydrogen-bond donors (Lipinski definition) is 1. The second kappa shape index (κ2) is 6.57. The van der Waals surface area contributed by atoms with Gasteiger partial charge in [-0.15, -0.1) is 0 Å². The Labute approximate surface area is 118 Å². The molecule has 0 aliphatic heterocycles. The Bertz CT molecular complexity index is 424. The zero-order valence-corrected chi connectivity index (χ0v) is 11.9. The van der Waals surface area contributed by atoms with Crippen molar-refractivity contribution < 1.29 is 19.3 Å². The average Bonchev–Trinajstić information content (AvgIpc) is 2.38. The monoisotopic (exact) mass is 286 g/mol. The van der Waals surface area contributed by atoms with Gasteiger partial charge in [-0.3, -0.25) is 0 Å². The predicted molar refractivity (Wildman–Crippen MR) is 72.8 cm³/mol. The van der Waals surface area contributed by atoms with Crippen LogP contribution in [0.3, 0.4) is 0 Å². The first-order valence-corrected chi connectivity index (χ1v) is 6.71. The van der Waals surface area contributed by atoms with E-state index >= 15 is 0 Å². The van der Waals surface area contributed by atoms with Crippen molar-refractivity contribution in [3.8, 4) is 5.75 Å². The van der Waals surface area contributed by atoms with E-state index in [1.54, 1.807) is 13.2 Å². The van der Waals surface area contributed by atoms with Crippen molar-refractivity contribution in [2.45, 2.75) is 31.7 Å². The van der Waals surface area contributed by atoms with Crippen LogP contribution in [0.15, 0.2) is 18.2 Å². The van der Waals surface area contributed by atoms with Gasteiger partial charge in [-0.1, -0.05) is 17.7 Å². The molecule has 0 spiro atoms. The summed E-state index contributed by atoms with van der Waals surface area (Å²) in [5.74, 6) is 0.741. The molecule has 1 aliphatic carbocycles. The van der Waals surface area contributed by atoms with E-state index in [4.69, 9.17) is 25.8 Å².